The predicted molar refractivity (Wildman–Crippen MR) is 85.7 cm³/mol. The van der Waals surface area contributed by atoms with Crippen LogP contribution in [0.25, 0.3) is 12.2 Å². The minimum Gasteiger partial charge on any atom is -0.387 e. The van der Waals surface area contributed by atoms with Crippen LogP contribution in [-0.2, 0) is 27.4 Å². The summed E-state index contributed by atoms with van der Waals surface area (Å²) in [5.74, 6) is -2.20. The van der Waals surface area contributed by atoms with Crippen LogP contribution in [-0.4, -0.2) is 43.9 Å². The Kier molecular flexibility index (Phi) is 6.61. The lowest BCUT2D eigenvalue weighted by molar-refractivity contribution is -0.152. The van der Waals surface area contributed by atoms with E-state index in [1.54, 1.807) is 0 Å². The molecule has 0 spiro atoms. The fourth-order valence-corrected chi connectivity index (χ4v) is 1.97. The Morgan fingerprint density at radius 2 is 1.21 bits per heavy atom. The smallest absolute Gasteiger partial charge is 0.387 e. The third-order valence-electron chi connectivity index (χ3n) is 3.01. The Morgan fingerprint density at radius 3 is 1.55 bits per heavy atom. The lowest BCUT2D eigenvalue weighted by Crippen LogP contribution is -2.17. The summed E-state index contributed by atoms with van der Waals surface area (Å²) in [5.41, 5.74) is 0.345. The molecule has 0 N–H and O–H groups in total. The number of halogens is 6. The number of aromatic nitrogens is 4. The number of carbonyl (C=O) groups excluding carboxylic acids is 2. The molecule has 0 bridgehead atoms. The van der Waals surface area contributed by atoms with Gasteiger partial charge < -0.3 is 4.74 Å². The van der Waals surface area contributed by atoms with Gasteiger partial charge in [-0.25, -0.2) is 9.59 Å². The number of carbonyl (C=O) groups is 2. The molecule has 0 aliphatic rings. The molecule has 0 saturated heterocycles. The van der Waals surface area contributed by atoms with E-state index in [2.05, 4.69) is 14.9 Å². The summed E-state index contributed by atoms with van der Waals surface area (Å²) in [6, 6.07) is 0. The Hall–Kier alpha value is -3.38. The Bertz CT molecular complexity index is 849. The molecule has 29 heavy (non-hydrogen) atoms. The van der Waals surface area contributed by atoms with Crippen molar-refractivity contribution in [3.63, 3.8) is 0 Å². The minimum atomic E-state index is -4.45. The number of hydrogen-bond acceptors (Lipinski definition) is 5. The molecule has 7 nitrogen and oxygen atoms in total. The summed E-state index contributed by atoms with van der Waals surface area (Å²) in [6.45, 7) is -2.59. The molecular weight excluding hydrogens is 410 g/mol. The number of alkyl halides is 6. The Labute approximate surface area is 158 Å². The molecule has 0 aliphatic heterocycles. The Balaban J connectivity index is 1.85. The van der Waals surface area contributed by atoms with Gasteiger partial charge >= 0.3 is 24.3 Å². The van der Waals surface area contributed by atoms with Crippen molar-refractivity contribution in [2.75, 3.05) is 0 Å². The molecule has 2 heterocycles. The van der Waals surface area contributed by atoms with Crippen LogP contribution in [0.2, 0.25) is 0 Å². The summed E-state index contributed by atoms with van der Waals surface area (Å²) < 4.78 is 79.0. The standard InChI is InChI=1S/C16H12F6N4O3/c17-15(18,19)9-25-7-11(5-23-25)1-3-13(27)29-14(28)4-2-12-6-24-26(8-12)10-16(20,21)22/h1-8H,9-10H2/b3-1+,4-2+. The molecule has 156 valence electrons. The zero-order chi connectivity index (χ0) is 21.7. The first kappa shape index (κ1) is 21.9. The normalized spacial score (nSPS) is 12.8. The topological polar surface area (TPSA) is 79.0 Å². The lowest BCUT2D eigenvalue weighted by atomic mass is 10.3. The predicted octanol–water partition coefficient (Wildman–Crippen LogP) is 3.00. The molecule has 13 heteroatoms. The van der Waals surface area contributed by atoms with E-state index in [1.807, 2.05) is 0 Å². The SMILES string of the molecule is O=C(/C=C/c1cnn(CC(F)(F)F)c1)OC(=O)/C=C/c1cnn(CC(F)(F)F)c1. The van der Waals surface area contributed by atoms with Crippen LogP contribution in [0.1, 0.15) is 11.1 Å². The van der Waals surface area contributed by atoms with E-state index >= 15 is 0 Å². The zero-order valence-corrected chi connectivity index (χ0v) is 14.3. The molecule has 0 amide bonds. The fraction of sp³-hybridized carbons (Fsp3) is 0.250. The maximum Gasteiger partial charge on any atom is 0.408 e. The summed E-state index contributed by atoms with van der Waals surface area (Å²) in [4.78, 5) is 23.0. The van der Waals surface area contributed by atoms with Crippen LogP contribution < -0.4 is 0 Å². The molecule has 2 aromatic rings. The number of rotatable bonds is 6. The second-order valence-corrected chi connectivity index (χ2v) is 5.58. The van der Waals surface area contributed by atoms with Gasteiger partial charge in [-0.15, -0.1) is 0 Å². The number of nitrogens with zero attached hydrogens (tertiary/aromatic N) is 4. The van der Waals surface area contributed by atoms with Crippen molar-refractivity contribution in [1.82, 2.24) is 19.6 Å². The fourth-order valence-electron chi connectivity index (χ4n) is 1.97. The van der Waals surface area contributed by atoms with Crippen molar-refractivity contribution >= 4 is 24.1 Å². The van der Waals surface area contributed by atoms with Crippen molar-refractivity contribution in [3.8, 4) is 0 Å². The zero-order valence-electron chi connectivity index (χ0n) is 14.3. The van der Waals surface area contributed by atoms with Crippen molar-refractivity contribution in [3.05, 3.63) is 48.1 Å². The van der Waals surface area contributed by atoms with Crippen LogP contribution in [0.3, 0.4) is 0 Å². The summed E-state index contributed by atoms with van der Waals surface area (Å²) in [7, 11) is 0. The molecular formula is C16H12F6N4O3. The van der Waals surface area contributed by atoms with Gasteiger partial charge in [0.15, 0.2) is 0 Å². The summed E-state index contributed by atoms with van der Waals surface area (Å²) in [6.07, 6.45) is -0.854. The minimum absolute atomic E-state index is 0.172. The highest BCUT2D eigenvalue weighted by molar-refractivity contribution is 5.99. The van der Waals surface area contributed by atoms with Crippen LogP contribution in [0.15, 0.2) is 36.9 Å². The van der Waals surface area contributed by atoms with Gasteiger partial charge in [-0.1, -0.05) is 0 Å². The average molecular weight is 422 g/mol. The molecule has 2 rings (SSSR count). The van der Waals surface area contributed by atoms with Gasteiger partial charge in [0.1, 0.15) is 13.1 Å². The van der Waals surface area contributed by atoms with E-state index in [-0.39, 0.29) is 11.1 Å². The highest BCUT2D eigenvalue weighted by Crippen LogP contribution is 2.18. The highest BCUT2D eigenvalue weighted by atomic mass is 19.4. The molecule has 0 aliphatic carbocycles. The van der Waals surface area contributed by atoms with E-state index in [4.69, 9.17) is 0 Å². The van der Waals surface area contributed by atoms with Gasteiger partial charge in [0.25, 0.3) is 0 Å². The van der Waals surface area contributed by atoms with Gasteiger partial charge in [0.2, 0.25) is 0 Å². The van der Waals surface area contributed by atoms with Gasteiger partial charge in [0.05, 0.1) is 12.4 Å². The second-order valence-electron chi connectivity index (χ2n) is 5.58. The molecule has 0 fully saturated rings. The third-order valence-corrected chi connectivity index (χ3v) is 3.01. The summed E-state index contributed by atoms with van der Waals surface area (Å²) in [5, 5.41) is 6.93. The maximum atomic E-state index is 12.2. The number of hydrogen-bond donors (Lipinski definition) is 0. The van der Waals surface area contributed by atoms with E-state index < -0.39 is 37.4 Å². The molecule has 0 unspecified atom stereocenters. The maximum absolute atomic E-state index is 12.2. The Morgan fingerprint density at radius 1 is 0.828 bits per heavy atom. The first-order chi connectivity index (χ1) is 13.4. The largest absolute Gasteiger partial charge is 0.408 e. The first-order valence-corrected chi connectivity index (χ1v) is 7.70. The van der Waals surface area contributed by atoms with E-state index in [0.717, 1.165) is 49.1 Å². The van der Waals surface area contributed by atoms with Crippen LogP contribution in [0, 0.1) is 0 Å². The van der Waals surface area contributed by atoms with Crippen molar-refractivity contribution in [1.29, 1.82) is 0 Å². The lowest BCUT2D eigenvalue weighted by Gasteiger charge is -2.04. The van der Waals surface area contributed by atoms with Crippen molar-refractivity contribution in [2.45, 2.75) is 25.4 Å². The van der Waals surface area contributed by atoms with Crippen LogP contribution in [0.5, 0.6) is 0 Å². The van der Waals surface area contributed by atoms with E-state index in [0.29, 0.717) is 9.36 Å². The first-order valence-electron chi connectivity index (χ1n) is 7.70. The molecule has 0 aromatic carbocycles. The van der Waals surface area contributed by atoms with Crippen LogP contribution >= 0.6 is 0 Å². The van der Waals surface area contributed by atoms with Gasteiger partial charge in [-0.3, -0.25) is 9.36 Å². The molecule has 2 aromatic heterocycles. The molecule has 0 radical (unpaired) electrons. The van der Waals surface area contributed by atoms with Gasteiger partial charge in [-0.05, 0) is 12.2 Å². The van der Waals surface area contributed by atoms with Crippen molar-refractivity contribution < 1.29 is 40.7 Å². The van der Waals surface area contributed by atoms with E-state index in [9.17, 15) is 35.9 Å². The van der Waals surface area contributed by atoms with E-state index in [1.165, 1.54) is 0 Å². The number of esters is 2. The van der Waals surface area contributed by atoms with Gasteiger partial charge in [0, 0.05) is 35.7 Å². The monoisotopic (exact) mass is 422 g/mol. The quantitative estimate of drug-likeness (QED) is 0.310. The third kappa shape index (κ3) is 8.45. The molecule has 0 saturated carbocycles. The average Bonchev–Trinajstić information content (AvgIpc) is 3.17. The van der Waals surface area contributed by atoms with Gasteiger partial charge in [-0.2, -0.15) is 36.5 Å². The number of ether oxygens (including phenoxy) is 1. The highest BCUT2D eigenvalue weighted by Gasteiger charge is 2.28. The second kappa shape index (κ2) is 8.75. The summed E-state index contributed by atoms with van der Waals surface area (Å²) >= 11 is 0. The van der Waals surface area contributed by atoms with Crippen molar-refractivity contribution in [2.24, 2.45) is 0 Å². The van der Waals surface area contributed by atoms with Crippen LogP contribution in [0.4, 0.5) is 26.3 Å². The molecule has 0 atom stereocenters.